The second kappa shape index (κ2) is 6.80. The van der Waals surface area contributed by atoms with Crippen molar-refractivity contribution < 1.29 is 22.7 Å². The minimum atomic E-state index is -3.11. The summed E-state index contributed by atoms with van der Waals surface area (Å²) >= 11 is 0. The Kier molecular flexibility index (Phi) is 5.17. The quantitative estimate of drug-likeness (QED) is 0.779. The van der Waals surface area contributed by atoms with Crippen molar-refractivity contribution in [1.29, 1.82) is 0 Å². The maximum Gasteiger partial charge on any atom is 0.338 e. The number of carbonyl (C=O) groups excluding carboxylic acids is 2. The molecular formula is C16H22N2O5S. The highest BCUT2D eigenvalue weighted by atomic mass is 32.2. The van der Waals surface area contributed by atoms with Gasteiger partial charge in [0, 0.05) is 19.8 Å². The minimum absolute atomic E-state index is 0.0564. The predicted molar refractivity (Wildman–Crippen MR) is 90.9 cm³/mol. The van der Waals surface area contributed by atoms with Crippen LogP contribution in [-0.2, 0) is 19.4 Å². The number of hydrogen-bond donors (Lipinski definition) is 1. The second-order valence-electron chi connectivity index (χ2n) is 6.47. The first-order valence-electron chi connectivity index (χ1n) is 7.56. The van der Waals surface area contributed by atoms with Gasteiger partial charge in [-0.3, -0.25) is 4.79 Å². The Morgan fingerprint density at radius 1 is 1.33 bits per heavy atom. The molecule has 132 valence electrons. The molecule has 1 aromatic rings. The van der Waals surface area contributed by atoms with Crippen LogP contribution in [0.25, 0.3) is 0 Å². The highest BCUT2D eigenvalue weighted by Crippen LogP contribution is 2.22. The number of carbonyl (C=O) groups is 2. The number of ether oxygens (including phenoxy) is 1. The zero-order chi connectivity index (χ0) is 18.0. The fourth-order valence-corrected chi connectivity index (χ4v) is 4.70. The minimum Gasteiger partial charge on any atom is -0.452 e. The van der Waals surface area contributed by atoms with Crippen LogP contribution in [0.2, 0.25) is 0 Å². The van der Waals surface area contributed by atoms with Gasteiger partial charge in [-0.25, -0.2) is 13.2 Å². The van der Waals surface area contributed by atoms with E-state index in [0.29, 0.717) is 12.0 Å². The highest BCUT2D eigenvalue weighted by Gasteiger charge is 2.39. The monoisotopic (exact) mass is 354 g/mol. The molecular weight excluding hydrogens is 332 g/mol. The third-order valence-corrected chi connectivity index (χ3v) is 5.78. The van der Waals surface area contributed by atoms with Gasteiger partial charge < -0.3 is 15.0 Å². The molecule has 1 fully saturated rings. The number of hydrogen-bond acceptors (Lipinski definition) is 6. The average molecular weight is 354 g/mol. The van der Waals surface area contributed by atoms with Crippen LogP contribution in [0.1, 0.15) is 23.7 Å². The number of rotatable bonds is 5. The van der Waals surface area contributed by atoms with E-state index in [9.17, 15) is 18.0 Å². The number of anilines is 1. The van der Waals surface area contributed by atoms with Crippen LogP contribution in [0.3, 0.4) is 0 Å². The Bertz CT molecular complexity index is 745. The van der Waals surface area contributed by atoms with Gasteiger partial charge >= 0.3 is 5.97 Å². The van der Waals surface area contributed by atoms with Crippen LogP contribution in [0.5, 0.6) is 0 Å². The Morgan fingerprint density at radius 3 is 2.62 bits per heavy atom. The van der Waals surface area contributed by atoms with Crippen molar-refractivity contribution in [2.24, 2.45) is 0 Å². The molecule has 0 unspecified atom stereocenters. The van der Waals surface area contributed by atoms with Crippen LogP contribution < -0.4 is 10.2 Å². The van der Waals surface area contributed by atoms with Gasteiger partial charge in [0.2, 0.25) is 0 Å². The number of nitrogens with zero attached hydrogens (tertiary/aromatic N) is 1. The highest BCUT2D eigenvalue weighted by molar-refractivity contribution is 7.91. The average Bonchev–Trinajstić information content (AvgIpc) is 2.78. The Labute approximate surface area is 141 Å². The molecule has 1 aliphatic rings. The van der Waals surface area contributed by atoms with Crippen molar-refractivity contribution in [2.45, 2.75) is 18.9 Å². The number of amides is 1. The number of benzene rings is 1. The van der Waals surface area contributed by atoms with Gasteiger partial charge in [-0.05, 0) is 31.5 Å². The van der Waals surface area contributed by atoms with Crippen LogP contribution in [0, 0.1) is 0 Å². The zero-order valence-electron chi connectivity index (χ0n) is 14.0. The smallest absolute Gasteiger partial charge is 0.338 e. The summed E-state index contributed by atoms with van der Waals surface area (Å²) in [7, 11) is 0.597. The topological polar surface area (TPSA) is 92.8 Å². The van der Waals surface area contributed by atoms with Gasteiger partial charge in [0.1, 0.15) is 0 Å². The van der Waals surface area contributed by atoms with Gasteiger partial charge in [0.15, 0.2) is 16.4 Å². The molecule has 1 atom stereocenters. The van der Waals surface area contributed by atoms with E-state index in [4.69, 9.17) is 4.74 Å². The van der Waals surface area contributed by atoms with E-state index in [0.717, 1.165) is 5.69 Å². The maximum atomic E-state index is 12.0. The molecule has 1 aromatic carbocycles. The molecule has 7 nitrogen and oxygen atoms in total. The van der Waals surface area contributed by atoms with Gasteiger partial charge in [-0.2, -0.15) is 0 Å². The number of sulfone groups is 1. The molecule has 1 saturated heterocycles. The molecule has 0 saturated carbocycles. The summed E-state index contributed by atoms with van der Waals surface area (Å²) in [5, 5.41) is 2.64. The molecule has 0 radical (unpaired) electrons. The summed E-state index contributed by atoms with van der Waals surface area (Å²) in [6, 6.07) is 6.87. The first-order valence-corrected chi connectivity index (χ1v) is 9.38. The van der Waals surface area contributed by atoms with E-state index >= 15 is 0 Å². The summed E-state index contributed by atoms with van der Waals surface area (Å²) < 4.78 is 28.1. The van der Waals surface area contributed by atoms with E-state index in [2.05, 4.69) is 5.32 Å². The first kappa shape index (κ1) is 18.3. The van der Waals surface area contributed by atoms with E-state index in [1.807, 2.05) is 25.1 Å². The molecule has 1 heterocycles. The van der Waals surface area contributed by atoms with Crippen molar-refractivity contribution in [3.63, 3.8) is 0 Å². The largest absolute Gasteiger partial charge is 0.452 e. The summed E-state index contributed by atoms with van der Waals surface area (Å²) in [5.74, 6) is -1.14. The van der Waals surface area contributed by atoms with Gasteiger partial charge in [0.05, 0.1) is 22.6 Å². The molecule has 1 amide bonds. The van der Waals surface area contributed by atoms with Crippen molar-refractivity contribution in [3.8, 4) is 0 Å². The Balaban J connectivity index is 1.90. The lowest BCUT2D eigenvalue weighted by molar-refractivity contribution is -0.125. The lowest BCUT2D eigenvalue weighted by atomic mass is 10.0. The van der Waals surface area contributed by atoms with E-state index in [-0.39, 0.29) is 11.5 Å². The van der Waals surface area contributed by atoms with E-state index in [1.165, 1.54) is 0 Å². The van der Waals surface area contributed by atoms with Crippen molar-refractivity contribution in [2.75, 3.05) is 37.1 Å². The van der Waals surface area contributed by atoms with Crippen LogP contribution in [-0.4, -0.2) is 58.0 Å². The molecule has 0 aromatic heterocycles. The van der Waals surface area contributed by atoms with Crippen molar-refractivity contribution in [1.82, 2.24) is 5.32 Å². The van der Waals surface area contributed by atoms with Crippen molar-refractivity contribution in [3.05, 3.63) is 29.8 Å². The number of esters is 1. The fraction of sp³-hybridized carbons (Fsp3) is 0.500. The summed E-state index contributed by atoms with van der Waals surface area (Å²) in [6.45, 7) is 1.23. The Morgan fingerprint density at radius 2 is 2.04 bits per heavy atom. The summed E-state index contributed by atoms with van der Waals surface area (Å²) in [5.41, 5.74) is 0.397. The second-order valence-corrected chi connectivity index (χ2v) is 8.66. The molecule has 24 heavy (non-hydrogen) atoms. The standard InChI is InChI=1S/C16H22N2O5S/c1-16(7-8-24(21,22)11-16)17-14(19)10-23-15(20)12-5-4-6-13(9-12)18(2)3/h4-6,9H,7-8,10-11H2,1-3H3,(H,17,19)/t16-/m1/s1. The summed E-state index contributed by atoms with van der Waals surface area (Å²) in [4.78, 5) is 25.8. The SMILES string of the molecule is CN(C)c1cccc(C(=O)OCC(=O)N[C@]2(C)CCS(=O)(=O)C2)c1. The third kappa shape index (κ3) is 4.70. The van der Waals surface area contributed by atoms with Crippen LogP contribution in [0.15, 0.2) is 24.3 Å². The molecule has 1 aliphatic heterocycles. The first-order chi connectivity index (χ1) is 11.1. The van der Waals surface area contributed by atoms with Crippen molar-refractivity contribution >= 4 is 27.4 Å². The molecule has 8 heteroatoms. The van der Waals surface area contributed by atoms with E-state index < -0.39 is 33.9 Å². The Hall–Kier alpha value is -2.09. The fourth-order valence-electron chi connectivity index (χ4n) is 2.61. The molecule has 1 N–H and O–H groups in total. The molecule has 0 spiro atoms. The lowest BCUT2D eigenvalue weighted by Gasteiger charge is -2.23. The maximum absolute atomic E-state index is 12.0. The number of nitrogens with one attached hydrogen (secondary N) is 1. The third-order valence-electron chi connectivity index (χ3n) is 3.88. The molecule has 2 rings (SSSR count). The molecule has 0 aliphatic carbocycles. The van der Waals surface area contributed by atoms with Crippen LogP contribution in [0.4, 0.5) is 5.69 Å². The van der Waals surface area contributed by atoms with Gasteiger partial charge in [-0.1, -0.05) is 6.07 Å². The molecule has 0 bridgehead atoms. The zero-order valence-corrected chi connectivity index (χ0v) is 14.9. The van der Waals surface area contributed by atoms with Gasteiger partial charge in [0.25, 0.3) is 5.91 Å². The van der Waals surface area contributed by atoms with Crippen LogP contribution >= 0.6 is 0 Å². The van der Waals surface area contributed by atoms with Gasteiger partial charge in [-0.15, -0.1) is 0 Å². The summed E-state index contributed by atoms with van der Waals surface area (Å²) in [6.07, 6.45) is 0.361. The predicted octanol–water partition coefficient (Wildman–Crippen LogP) is 0.603. The normalized spacial score (nSPS) is 22.0. The van der Waals surface area contributed by atoms with E-state index in [1.54, 1.807) is 25.1 Å². The lowest BCUT2D eigenvalue weighted by Crippen LogP contribution is -2.48.